The largest absolute Gasteiger partial charge is 0.507 e. The molecule has 17 heteroatoms. The van der Waals surface area contributed by atoms with E-state index in [2.05, 4.69) is 0 Å². The predicted octanol–water partition coefficient (Wildman–Crippen LogP) is 7.79. The van der Waals surface area contributed by atoms with Crippen molar-refractivity contribution >= 4 is 67.0 Å². The molecular weight excluding hydrogens is 832 g/mol. The van der Waals surface area contributed by atoms with Gasteiger partial charge in [-0.05, 0) is 94.3 Å². The van der Waals surface area contributed by atoms with Gasteiger partial charge >= 0.3 is 23.9 Å². The Bertz CT molecular complexity index is 2590. The van der Waals surface area contributed by atoms with Crippen LogP contribution in [0.15, 0.2) is 121 Å². The summed E-state index contributed by atoms with van der Waals surface area (Å²) in [7, 11) is 0. The summed E-state index contributed by atoms with van der Waals surface area (Å²) in [5.74, 6) is -6.13. The molecule has 8 rings (SSSR count). The molecule has 0 radical (unpaired) electrons. The number of rotatable bonds is 4. The maximum absolute atomic E-state index is 10.7. The summed E-state index contributed by atoms with van der Waals surface area (Å²) in [4.78, 5) is 42.9. The molecule has 0 unspecified atom stereocenters. The molecule has 0 fully saturated rings. The van der Waals surface area contributed by atoms with Crippen molar-refractivity contribution in [3.63, 3.8) is 0 Å². The number of hydrogen-bond donors (Lipinski definition) is 12. The zero-order chi connectivity index (χ0) is 44.0. The van der Waals surface area contributed by atoms with Gasteiger partial charge in [0.25, 0.3) is 0 Å². The number of carboxylic acids is 4. The van der Waals surface area contributed by atoms with Crippen LogP contribution < -0.4 is 0 Å². The fourth-order valence-corrected chi connectivity index (χ4v) is 5.87. The monoisotopic (exact) mass is 864 g/mol. The Kier molecular flexibility index (Phi) is 14.2. The van der Waals surface area contributed by atoms with Gasteiger partial charge < -0.3 is 61.3 Å². The molecule has 0 heterocycles. The maximum atomic E-state index is 10.7. The smallest absolute Gasteiger partial charge is 0.339 e. The Morgan fingerprint density at radius 3 is 0.623 bits per heavy atom. The van der Waals surface area contributed by atoms with Crippen LogP contribution in [0, 0.1) is 0 Å². The number of carboxylic acid groups (broad SMARTS) is 4. The molecule has 0 spiro atoms. The van der Waals surface area contributed by atoms with Crippen molar-refractivity contribution in [2.45, 2.75) is 0 Å². The third-order valence-electron chi connectivity index (χ3n) is 8.82. The first-order chi connectivity index (χ1) is 28.4. The van der Waals surface area contributed by atoms with Crippen molar-refractivity contribution in [2.24, 2.45) is 0 Å². The summed E-state index contributed by atoms with van der Waals surface area (Å²) in [6.07, 6.45) is 0. The molecule has 0 amide bonds. The van der Waals surface area contributed by atoms with Gasteiger partial charge in [-0.15, -0.1) is 0 Å². The molecule has 0 bridgehead atoms. The molecule has 8 aromatic rings. The maximum Gasteiger partial charge on any atom is 0.339 e. The van der Waals surface area contributed by atoms with Gasteiger partial charge in [0.1, 0.15) is 68.2 Å². The number of carbonyl (C=O) groups is 4. The van der Waals surface area contributed by atoms with Crippen LogP contribution in [-0.2, 0) is 21.7 Å². The SMILES string of the molecule is O=C(O)c1cc2cccc(O)c2cc1O.O=C(O)c1cc2cccc(O)c2cc1O.O=C(O)c1cc2cccc(O)c2cc1O.O=C(O)c1cc2cccc(O)c2cc1O.[Ti]. The Hall–Kier alpha value is -8.21. The molecule has 61 heavy (non-hydrogen) atoms. The van der Waals surface area contributed by atoms with Crippen molar-refractivity contribution in [2.75, 3.05) is 0 Å². The Labute approximate surface area is 357 Å². The van der Waals surface area contributed by atoms with Gasteiger partial charge in [-0.3, -0.25) is 0 Å². The zero-order valence-electron chi connectivity index (χ0n) is 31.0. The number of aromatic hydroxyl groups is 8. The first-order valence-electron chi connectivity index (χ1n) is 17.1. The number of aromatic carboxylic acids is 4. The van der Waals surface area contributed by atoms with Gasteiger partial charge in [0.15, 0.2) is 0 Å². The topological polar surface area (TPSA) is 311 Å². The summed E-state index contributed by atoms with van der Waals surface area (Å²) in [5.41, 5.74) is -0.692. The van der Waals surface area contributed by atoms with Crippen molar-refractivity contribution in [3.8, 4) is 46.0 Å². The average Bonchev–Trinajstić information content (AvgIpc) is 3.19. The quantitative estimate of drug-likeness (QED) is 0.0751. The van der Waals surface area contributed by atoms with Crippen LogP contribution in [0.2, 0.25) is 0 Å². The molecule has 0 atom stereocenters. The van der Waals surface area contributed by atoms with Crippen molar-refractivity contribution in [3.05, 3.63) is 144 Å². The first kappa shape index (κ1) is 45.5. The fourth-order valence-electron chi connectivity index (χ4n) is 5.87. The van der Waals surface area contributed by atoms with Crippen molar-refractivity contribution < 1.29 is 102 Å². The van der Waals surface area contributed by atoms with Crippen LogP contribution in [0.5, 0.6) is 46.0 Å². The first-order valence-corrected chi connectivity index (χ1v) is 17.1. The van der Waals surface area contributed by atoms with E-state index in [4.69, 9.17) is 20.4 Å². The van der Waals surface area contributed by atoms with Crippen LogP contribution in [0.4, 0.5) is 0 Å². The van der Waals surface area contributed by atoms with E-state index < -0.39 is 23.9 Å². The number of fused-ring (bicyclic) bond motifs is 4. The molecule has 0 aliphatic carbocycles. The minimum Gasteiger partial charge on any atom is -0.507 e. The molecule has 0 aliphatic heterocycles. The third kappa shape index (κ3) is 10.3. The Balaban J connectivity index is 0.000000178. The second kappa shape index (κ2) is 19.0. The number of phenolic OH excluding ortho intramolecular Hbond substituents is 4. The fraction of sp³-hybridized carbons (Fsp3) is 0. The zero-order valence-corrected chi connectivity index (χ0v) is 32.6. The minimum atomic E-state index is -1.20. The van der Waals surface area contributed by atoms with Crippen LogP contribution in [-0.4, -0.2) is 85.2 Å². The molecule has 0 saturated heterocycles. The van der Waals surface area contributed by atoms with E-state index in [1.165, 1.54) is 72.8 Å². The van der Waals surface area contributed by atoms with Gasteiger partial charge in [0.05, 0.1) is 0 Å². The van der Waals surface area contributed by atoms with E-state index in [1.54, 1.807) is 48.5 Å². The molecule has 0 saturated carbocycles. The second-order valence-corrected chi connectivity index (χ2v) is 12.7. The van der Waals surface area contributed by atoms with Crippen LogP contribution >= 0.6 is 0 Å². The molecule has 8 aromatic carbocycles. The van der Waals surface area contributed by atoms with Crippen molar-refractivity contribution in [1.82, 2.24) is 0 Å². The standard InChI is InChI=1S/4C11H8O4.Ti/c4*12-9-3-1-2-6-4-8(11(14)15)10(13)5-7(6)9;/h4*1-5,12-13H,(H,14,15);. The van der Waals surface area contributed by atoms with Gasteiger partial charge in [0, 0.05) is 43.3 Å². The van der Waals surface area contributed by atoms with Gasteiger partial charge in [-0.25, -0.2) is 19.2 Å². The molecular formula is C44H32O16Ti. The number of benzene rings is 8. The second-order valence-electron chi connectivity index (χ2n) is 12.7. The van der Waals surface area contributed by atoms with E-state index in [9.17, 15) is 60.0 Å². The average molecular weight is 865 g/mol. The predicted molar refractivity (Wildman–Crippen MR) is 217 cm³/mol. The van der Waals surface area contributed by atoms with Crippen LogP contribution in [0.3, 0.4) is 0 Å². The van der Waals surface area contributed by atoms with Gasteiger partial charge in [-0.1, -0.05) is 48.5 Å². The van der Waals surface area contributed by atoms with E-state index in [0.29, 0.717) is 43.1 Å². The van der Waals surface area contributed by atoms with Crippen LogP contribution in [0.1, 0.15) is 41.4 Å². The summed E-state index contributed by atoms with van der Waals surface area (Å²) in [6.45, 7) is 0. The van der Waals surface area contributed by atoms with E-state index in [-0.39, 0.29) is 90.0 Å². The molecule has 308 valence electrons. The Morgan fingerprint density at radius 2 is 0.459 bits per heavy atom. The summed E-state index contributed by atoms with van der Waals surface area (Å²) < 4.78 is 0. The summed E-state index contributed by atoms with van der Waals surface area (Å²) in [6, 6.07) is 29.3. The van der Waals surface area contributed by atoms with Gasteiger partial charge in [0.2, 0.25) is 0 Å². The summed E-state index contributed by atoms with van der Waals surface area (Å²) in [5, 5.41) is 115. The molecule has 16 nitrogen and oxygen atoms in total. The minimum absolute atomic E-state index is 0. The molecule has 0 aliphatic rings. The molecule has 12 N–H and O–H groups in total. The summed E-state index contributed by atoms with van der Waals surface area (Å²) >= 11 is 0. The van der Waals surface area contributed by atoms with Crippen LogP contribution in [0.25, 0.3) is 43.1 Å². The number of phenols is 8. The number of hydrogen-bond acceptors (Lipinski definition) is 12. The molecule has 0 aromatic heterocycles. The van der Waals surface area contributed by atoms with E-state index in [1.807, 2.05) is 0 Å². The van der Waals surface area contributed by atoms with Gasteiger partial charge in [-0.2, -0.15) is 0 Å². The normalized spacial score (nSPS) is 10.2. The van der Waals surface area contributed by atoms with E-state index in [0.717, 1.165) is 0 Å². The van der Waals surface area contributed by atoms with Crippen molar-refractivity contribution in [1.29, 1.82) is 0 Å². The van der Waals surface area contributed by atoms with E-state index >= 15 is 0 Å². The Morgan fingerprint density at radius 1 is 0.279 bits per heavy atom. The third-order valence-corrected chi connectivity index (χ3v) is 8.82.